The second-order valence-corrected chi connectivity index (χ2v) is 4.73. The molecule has 1 fully saturated rings. The molecule has 0 aliphatic carbocycles. The molecule has 0 aromatic carbocycles. The van der Waals surface area contributed by atoms with Gasteiger partial charge in [0.1, 0.15) is 12.2 Å². The first-order valence-electron chi connectivity index (χ1n) is 6.46. The maximum absolute atomic E-state index is 12.0. The van der Waals surface area contributed by atoms with Gasteiger partial charge in [-0.05, 0) is 6.42 Å². The Kier molecular flexibility index (Phi) is 5.71. The molecule has 0 spiro atoms. The standard InChI is InChI=1S/C12H22N2O5/c1-3-4-10(17)14-7(5-9(16)13-2)11(18)12(19)8(14)6-15/h7-8,11-12,15,18-19H,3-6H2,1-2H3,(H,13,16). The highest BCUT2D eigenvalue weighted by molar-refractivity contribution is 5.80. The fraction of sp³-hybridized carbons (Fsp3) is 0.833. The Labute approximate surface area is 112 Å². The molecule has 0 saturated carbocycles. The predicted molar refractivity (Wildman–Crippen MR) is 67.1 cm³/mol. The number of carbonyl (C=O) groups is 2. The fourth-order valence-corrected chi connectivity index (χ4v) is 2.45. The van der Waals surface area contributed by atoms with E-state index < -0.39 is 30.9 Å². The molecule has 1 heterocycles. The summed E-state index contributed by atoms with van der Waals surface area (Å²) in [7, 11) is 1.46. The van der Waals surface area contributed by atoms with Gasteiger partial charge >= 0.3 is 0 Å². The first-order chi connectivity index (χ1) is 8.97. The van der Waals surface area contributed by atoms with Crippen LogP contribution in [0.15, 0.2) is 0 Å². The van der Waals surface area contributed by atoms with Crippen LogP contribution in [0.2, 0.25) is 0 Å². The number of nitrogens with zero attached hydrogens (tertiary/aromatic N) is 1. The van der Waals surface area contributed by atoms with Gasteiger partial charge in [-0.15, -0.1) is 0 Å². The first kappa shape index (κ1) is 15.9. The van der Waals surface area contributed by atoms with E-state index in [9.17, 15) is 24.9 Å². The van der Waals surface area contributed by atoms with Crippen LogP contribution in [0.25, 0.3) is 0 Å². The molecule has 2 amide bonds. The average Bonchev–Trinajstić information content (AvgIpc) is 2.63. The van der Waals surface area contributed by atoms with Gasteiger partial charge in [0.25, 0.3) is 0 Å². The Morgan fingerprint density at radius 2 is 1.79 bits per heavy atom. The van der Waals surface area contributed by atoms with Gasteiger partial charge < -0.3 is 25.5 Å². The molecular weight excluding hydrogens is 252 g/mol. The van der Waals surface area contributed by atoms with Crippen molar-refractivity contribution in [3.8, 4) is 0 Å². The molecule has 0 bridgehead atoms. The largest absolute Gasteiger partial charge is 0.394 e. The molecule has 1 saturated heterocycles. The maximum Gasteiger partial charge on any atom is 0.223 e. The summed E-state index contributed by atoms with van der Waals surface area (Å²) in [4.78, 5) is 24.7. The van der Waals surface area contributed by atoms with Crippen molar-refractivity contribution >= 4 is 11.8 Å². The molecule has 7 nitrogen and oxygen atoms in total. The van der Waals surface area contributed by atoms with Gasteiger partial charge in [0.15, 0.2) is 0 Å². The van der Waals surface area contributed by atoms with E-state index >= 15 is 0 Å². The molecule has 0 aromatic rings. The van der Waals surface area contributed by atoms with Crippen molar-refractivity contribution in [1.29, 1.82) is 0 Å². The molecule has 1 aliphatic heterocycles. The number of rotatable bonds is 5. The lowest BCUT2D eigenvalue weighted by atomic mass is 10.1. The summed E-state index contributed by atoms with van der Waals surface area (Å²) < 4.78 is 0. The highest BCUT2D eigenvalue weighted by atomic mass is 16.3. The topological polar surface area (TPSA) is 110 Å². The Balaban J connectivity index is 2.94. The number of hydrogen-bond donors (Lipinski definition) is 4. The summed E-state index contributed by atoms with van der Waals surface area (Å²) >= 11 is 0. The van der Waals surface area contributed by atoms with E-state index in [2.05, 4.69) is 5.32 Å². The zero-order valence-corrected chi connectivity index (χ0v) is 11.2. The van der Waals surface area contributed by atoms with Crippen molar-refractivity contribution in [3.05, 3.63) is 0 Å². The summed E-state index contributed by atoms with van der Waals surface area (Å²) in [6.07, 6.45) is -1.69. The minimum Gasteiger partial charge on any atom is -0.394 e. The van der Waals surface area contributed by atoms with E-state index in [1.54, 1.807) is 0 Å². The summed E-state index contributed by atoms with van der Waals surface area (Å²) in [5, 5.41) is 31.5. The molecule has 19 heavy (non-hydrogen) atoms. The number of aliphatic hydroxyl groups excluding tert-OH is 3. The van der Waals surface area contributed by atoms with Crippen LogP contribution in [0.5, 0.6) is 0 Å². The molecule has 4 N–H and O–H groups in total. The minimum atomic E-state index is -1.24. The molecular formula is C12H22N2O5. The Hall–Kier alpha value is -1.18. The van der Waals surface area contributed by atoms with Crippen molar-refractivity contribution < 1.29 is 24.9 Å². The fourth-order valence-electron chi connectivity index (χ4n) is 2.45. The lowest BCUT2D eigenvalue weighted by Crippen LogP contribution is -2.46. The molecule has 1 rings (SSSR count). The van der Waals surface area contributed by atoms with E-state index in [1.807, 2.05) is 6.92 Å². The quantitative estimate of drug-likeness (QED) is 0.473. The second kappa shape index (κ2) is 6.83. The van der Waals surface area contributed by atoms with Crippen molar-refractivity contribution in [2.45, 2.75) is 50.5 Å². The third-order valence-corrected chi connectivity index (χ3v) is 3.47. The number of hydrogen-bond acceptors (Lipinski definition) is 5. The van der Waals surface area contributed by atoms with Gasteiger partial charge in [-0.2, -0.15) is 0 Å². The van der Waals surface area contributed by atoms with Crippen LogP contribution in [-0.2, 0) is 9.59 Å². The number of likely N-dealkylation sites (tertiary alicyclic amines) is 1. The monoisotopic (exact) mass is 274 g/mol. The Morgan fingerprint density at radius 1 is 1.21 bits per heavy atom. The molecule has 1 aliphatic rings. The van der Waals surface area contributed by atoms with E-state index in [4.69, 9.17) is 0 Å². The third kappa shape index (κ3) is 3.23. The number of aliphatic hydroxyl groups is 3. The van der Waals surface area contributed by atoms with Crippen LogP contribution < -0.4 is 5.32 Å². The number of carbonyl (C=O) groups excluding carboxylic acids is 2. The lowest BCUT2D eigenvalue weighted by Gasteiger charge is -2.29. The van der Waals surface area contributed by atoms with Gasteiger partial charge in [0.2, 0.25) is 11.8 Å². The second-order valence-electron chi connectivity index (χ2n) is 4.73. The number of nitrogens with one attached hydrogen (secondary N) is 1. The van der Waals surface area contributed by atoms with Crippen LogP contribution in [0.4, 0.5) is 0 Å². The first-order valence-corrected chi connectivity index (χ1v) is 6.46. The minimum absolute atomic E-state index is 0.0965. The smallest absolute Gasteiger partial charge is 0.223 e. The molecule has 110 valence electrons. The van der Waals surface area contributed by atoms with Gasteiger partial charge in [-0.25, -0.2) is 0 Å². The van der Waals surface area contributed by atoms with E-state index in [0.717, 1.165) is 0 Å². The van der Waals surface area contributed by atoms with Gasteiger partial charge in [0.05, 0.1) is 18.7 Å². The maximum atomic E-state index is 12.0. The van der Waals surface area contributed by atoms with Crippen molar-refractivity contribution in [3.63, 3.8) is 0 Å². The summed E-state index contributed by atoms with van der Waals surface area (Å²) in [5.74, 6) is -0.602. The average molecular weight is 274 g/mol. The van der Waals surface area contributed by atoms with Crippen LogP contribution in [-0.4, -0.2) is 70.0 Å². The summed E-state index contributed by atoms with van der Waals surface area (Å²) in [6.45, 7) is 1.39. The molecule has 0 radical (unpaired) electrons. The summed E-state index contributed by atoms with van der Waals surface area (Å²) in [6, 6.07) is -1.66. The van der Waals surface area contributed by atoms with E-state index in [-0.39, 0.29) is 24.7 Å². The molecule has 0 aromatic heterocycles. The zero-order chi connectivity index (χ0) is 14.6. The van der Waals surface area contributed by atoms with Crippen LogP contribution in [0.3, 0.4) is 0 Å². The molecule has 7 heteroatoms. The Bertz CT molecular complexity index is 336. The Morgan fingerprint density at radius 3 is 2.26 bits per heavy atom. The van der Waals surface area contributed by atoms with Crippen molar-refractivity contribution in [2.24, 2.45) is 0 Å². The summed E-state index contributed by atoms with van der Waals surface area (Å²) in [5.41, 5.74) is 0. The van der Waals surface area contributed by atoms with Crippen molar-refractivity contribution in [1.82, 2.24) is 10.2 Å². The van der Waals surface area contributed by atoms with Gasteiger partial charge in [-0.1, -0.05) is 6.92 Å². The van der Waals surface area contributed by atoms with Gasteiger partial charge in [0, 0.05) is 19.9 Å². The zero-order valence-electron chi connectivity index (χ0n) is 11.2. The van der Waals surface area contributed by atoms with E-state index in [1.165, 1.54) is 11.9 Å². The van der Waals surface area contributed by atoms with E-state index in [0.29, 0.717) is 6.42 Å². The predicted octanol–water partition coefficient (Wildman–Crippen LogP) is -1.78. The van der Waals surface area contributed by atoms with Gasteiger partial charge in [-0.3, -0.25) is 9.59 Å². The molecule has 4 unspecified atom stereocenters. The van der Waals surface area contributed by atoms with Crippen LogP contribution in [0, 0.1) is 0 Å². The molecule has 4 atom stereocenters. The van der Waals surface area contributed by atoms with Crippen LogP contribution in [0.1, 0.15) is 26.2 Å². The highest BCUT2D eigenvalue weighted by Gasteiger charge is 2.49. The van der Waals surface area contributed by atoms with Crippen molar-refractivity contribution in [2.75, 3.05) is 13.7 Å². The normalized spacial score (nSPS) is 30.5. The number of amides is 2. The SMILES string of the molecule is CCCC(=O)N1C(CO)C(O)C(O)C1CC(=O)NC. The third-order valence-electron chi connectivity index (χ3n) is 3.47. The lowest BCUT2D eigenvalue weighted by molar-refractivity contribution is -0.137. The highest BCUT2D eigenvalue weighted by Crippen LogP contribution is 2.28. The van der Waals surface area contributed by atoms with Crippen LogP contribution >= 0.6 is 0 Å².